The molecule has 0 heterocycles. The van der Waals surface area contributed by atoms with Crippen LogP contribution in [-0.2, 0) is 0 Å². The first-order chi connectivity index (χ1) is 8.13. The van der Waals surface area contributed by atoms with Crippen LogP contribution >= 0.6 is 0 Å². The Hall–Kier alpha value is 0. The van der Waals surface area contributed by atoms with Gasteiger partial charge in [-0.1, -0.05) is 87.0 Å². The standard InChI is InChI=1S/C12H24.C3H8.C2H6/c1-4-10(2)9-12-7-5-11(3)6-8-12;1-3-2;1-2/h10-12H,4-9H2,1-3H3;3H2,1-2H3;1-2H3. The Balaban J connectivity index is 0. The fourth-order valence-electron chi connectivity index (χ4n) is 2.30. The normalized spacial score (nSPS) is 24.9. The molecule has 1 rings (SSSR count). The van der Waals surface area contributed by atoms with Crippen molar-refractivity contribution in [1.29, 1.82) is 0 Å². The summed E-state index contributed by atoms with van der Waals surface area (Å²) in [7, 11) is 0. The Morgan fingerprint density at radius 2 is 1.35 bits per heavy atom. The summed E-state index contributed by atoms with van der Waals surface area (Å²) in [6.07, 6.45) is 10.1. The van der Waals surface area contributed by atoms with Crippen LogP contribution in [0.5, 0.6) is 0 Å². The lowest BCUT2D eigenvalue weighted by Crippen LogP contribution is -2.14. The maximum absolute atomic E-state index is 2.40. The van der Waals surface area contributed by atoms with Crippen LogP contribution in [0.4, 0.5) is 0 Å². The maximum atomic E-state index is 2.40. The zero-order chi connectivity index (χ0) is 13.7. The Kier molecular flexibility index (Phi) is 16.0. The molecule has 0 aromatic rings. The van der Waals surface area contributed by atoms with Crippen LogP contribution in [0.25, 0.3) is 0 Å². The molecule has 0 spiro atoms. The predicted octanol–water partition coefficient (Wildman–Crippen LogP) is 6.69. The monoisotopic (exact) mass is 242 g/mol. The summed E-state index contributed by atoms with van der Waals surface area (Å²) in [5.74, 6) is 3.04. The number of hydrogen-bond donors (Lipinski definition) is 0. The average molecular weight is 242 g/mol. The summed E-state index contributed by atoms with van der Waals surface area (Å²) in [5, 5.41) is 0. The van der Waals surface area contributed by atoms with E-state index in [1.165, 1.54) is 44.9 Å². The Morgan fingerprint density at radius 1 is 0.941 bits per heavy atom. The lowest BCUT2D eigenvalue weighted by molar-refractivity contribution is 0.249. The van der Waals surface area contributed by atoms with E-state index in [1.54, 1.807) is 0 Å². The third-order valence-electron chi connectivity index (χ3n) is 3.57. The van der Waals surface area contributed by atoms with Gasteiger partial charge in [-0.15, -0.1) is 0 Å². The molecule has 0 aliphatic heterocycles. The molecule has 0 heteroatoms. The van der Waals surface area contributed by atoms with Gasteiger partial charge in [0.2, 0.25) is 0 Å². The van der Waals surface area contributed by atoms with E-state index in [9.17, 15) is 0 Å². The van der Waals surface area contributed by atoms with Crippen molar-refractivity contribution in [2.24, 2.45) is 17.8 Å². The Labute approximate surface area is 112 Å². The van der Waals surface area contributed by atoms with Gasteiger partial charge >= 0.3 is 0 Å². The summed E-state index contributed by atoms with van der Waals surface area (Å²) in [5.41, 5.74) is 0. The highest BCUT2D eigenvalue weighted by molar-refractivity contribution is 4.71. The van der Waals surface area contributed by atoms with E-state index in [0.29, 0.717) is 0 Å². The minimum atomic E-state index is 0.961. The van der Waals surface area contributed by atoms with Crippen LogP contribution < -0.4 is 0 Å². The molecule has 0 radical (unpaired) electrons. The minimum absolute atomic E-state index is 0.961. The Bertz CT molecular complexity index is 120. The topological polar surface area (TPSA) is 0 Å². The third kappa shape index (κ3) is 12.2. The molecule has 0 aromatic carbocycles. The summed E-state index contributed by atoms with van der Waals surface area (Å²) >= 11 is 0. The molecule has 106 valence electrons. The fraction of sp³-hybridized carbons (Fsp3) is 1.00. The van der Waals surface area contributed by atoms with E-state index in [2.05, 4.69) is 34.6 Å². The van der Waals surface area contributed by atoms with Crippen LogP contribution in [0.2, 0.25) is 0 Å². The van der Waals surface area contributed by atoms with Crippen LogP contribution in [0.15, 0.2) is 0 Å². The molecular formula is C17H38. The van der Waals surface area contributed by atoms with Crippen LogP contribution in [0.3, 0.4) is 0 Å². The highest BCUT2D eigenvalue weighted by atomic mass is 14.2. The molecule has 1 aliphatic carbocycles. The van der Waals surface area contributed by atoms with Crippen molar-refractivity contribution in [2.75, 3.05) is 0 Å². The van der Waals surface area contributed by atoms with Gasteiger partial charge in [-0.3, -0.25) is 0 Å². The van der Waals surface area contributed by atoms with Crippen LogP contribution in [-0.4, -0.2) is 0 Å². The zero-order valence-electron chi connectivity index (χ0n) is 13.7. The zero-order valence-corrected chi connectivity index (χ0v) is 13.7. The second-order valence-electron chi connectivity index (χ2n) is 5.58. The van der Waals surface area contributed by atoms with Gasteiger partial charge < -0.3 is 0 Å². The first-order valence-electron chi connectivity index (χ1n) is 8.13. The average Bonchev–Trinajstić information content (AvgIpc) is 2.35. The lowest BCUT2D eigenvalue weighted by atomic mass is 9.79. The molecule has 0 aromatic heterocycles. The second-order valence-corrected chi connectivity index (χ2v) is 5.58. The number of rotatable bonds is 3. The van der Waals surface area contributed by atoms with Crippen LogP contribution in [0, 0.1) is 17.8 Å². The van der Waals surface area contributed by atoms with Crippen LogP contribution in [0.1, 0.15) is 93.4 Å². The third-order valence-corrected chi connectivity index (χ3v) is 3.57. The van der Waals surface area contributed by atoms with E-state index >= 15 is 0 Å². The predicted molar refractivity (Wildman–Crippen MR) is 82.5 cm³/mol. The molecule has 0 amide bonds. The summed E-state index contributed by atoms with van der Waals surface area (Å²) < 4.78 is 0. The first-order valence-corrected chi connectivity index (χ1v) is 8.13. The van der Waals surface area contributed by atoms with E-state index in [1.807, 2.05) is 13.8 Å². The molecule has 0 N–H and O–H groups in total. The van der Waals surface area contributed by atoms with E-state index in [0.717, 1.165) is 17.8 Å². The quantitative estimate of drug-likeness (QED) is 0.517. The van der Waals surface area contributed by atoms with Gasteiger partial charge in [0, 0.05) is 0 Å². The van der Waals surface area contributed by atoms with Gasteiger partial charge in [0.15, 0.2) is 0 Å². The molecule has 17 heavy (non-hydrogen) atoms. The molecule has 1 aliphatic rings. The SMILES string of the molecule is CC.CCC.CCC(C)CC1CCC(C)CC1. The lowest BCUT2D eigenvalue weighted by Gasteiger charge is -2.27. The largest absolute Gasteiger partial charge is 0.0683 e. The molecule has 0 nitrogen and oxygen atoms in total. The molecule has 0 saturated heterocycles. The highest BCUT2D eigenvalue weighted by Gasteiger charge is 2.19. The Morgan fingerprint density at radius 3 is 1.71 bits per heavy atom. The van der Waals surface area contributed by atoms with Crippen molar-refractivity contribution >= 4 is 0 Å². The van der Waals surface area contributed by atoms with Crippen molar-refractivity contribution in [2.45, 2.75) is 93.4 Å². The molecule has 1 unspecified atom stereocenters. The molecule has 0 bridgehead atoms. The van der Waals surface area contributed by atoms with Gasteiger partial charge in [-0.2, -0.15) is 0 Å². The molecule has 1 fully saturated rings. The van der Waals surface area contributed by atoms with Gasteiger partial charge in [0.1, 0.15) is 0 Å². The second kappa shape index (κ2) is 14.1. The molecule has 1 atom stereocenters. The van der Waals surface area contributed by atoms with Gasteiger partial charge in [0.25, 0.3) is 0 Å². The van der Waals surface area contributed by atoms with Crippen molar-refractivity contribution in [1.82, 2.24) is 0 Å². The van der Waals surface area contributed by atoms with E-state index < -0.39 is 0 Å². The van der Waals surface area contributed by atoms with Gasteiger partial charge in [0.05, 0.1) is 0 Å². The van der Waals surface area contributed by atoms with Crippen molar-refractivity contribution < 1.29 is 0 Å². The first kappa shape index (κ1) is 19.3. The smallest absolute Gasteiger partial charge is 0.0412 e. The summed E-state index contributed by atoms with van der Waals surface area (Å²) in [6, 6.07) is 0. The number of hydrogen-bond acceptors (Lipinski definition) is 0. The molecular weight excluding hydrogens is 204 g/mol. The van der Waals surface area contributed by atoms with Crippen molar-refractivity contribution in [3.05, 3.63) is 0 Å². The van der Waals surface area contributed by atoms with E-state index in [-0.39, 0.29) is 0 Å². The van der Waals surface area contributed by atoms with Crippen molar-refractivity contribution in [3.63, 3.8) is 0 Å². The van der Waals surface area contributed by atoms with Gasteiger partial charge in [-0.05, 0) is 24.2 Å². The fourth-order valence-corrected chi connectivity index (χ4v) is 2.30. The highest BCUT2D eigenvalue weighted by Crippen LogP contribution is 2.32. The minimum Gasteiger partial charge on any atom is -0.0683 e. The van der Waals surface area contributed by atoms with Gasteiger partial charge in [-0.25, -0.2) is 0 Å². The maximum Gasteiger partial charge on any atom is -0.0412 e. The summed E-state index contributed by atoms with van der Waals surface area (Å²) in [6.45, 7) is 15.4. The summed E-state index contributed by atoms with van der Waals surface area (Å²) in [4.78, 5) is 0. The van der Waals surface area contributed by atoms with E-state index in [4.69, 9.17) is 0 Å². The molecule has 1 saturated carbocycles. The van der Waals surface area contributed by atoms with Crippen molar-refractivity contribution in [3.8, 4) is 0 Å².